The lowest BCUT2D eigenvalue weighted by Crippen LogP contribution is -3.00. The van der Waals surface area contributed by atoms with E-state index < -0.39 is 0 Å². The maximum Gasteiger partial charge on any atom is 0.349 e. The lowest BCUT2D eigenvalue weighted by molar-refractivity contribution is -0.480. The van der Waals surface area contributed by atoms with Crippen LogP contribution in [0.5, 0.6) is 0 Å². The summed E-state index contributed by atoms with van der Waals surface area (Å²) in [5, 5.41) is 3.32. The minimum absolute atomic E-state index is 0. The summed E-state index contributed by atoms with van der Waals surface area (Å²) in [4.78, 5) is 0. The van der Waals surface area contributed by atoms with Crippen LogP contribution in [0.2, 0.25) is 0 Å². The first-order chi connectivity index (χ1) is 12.0. The highest BCUT2D eigenvalue weighted by atomic mass is 79.9. The number of benzene rings is 2. The van der Waals surface area contributed by atoms with Gasteiger partial charge in [-0.2, -0.15) is 0 Å². The van der Waals surface area contributed by atoms with Crippen LogP contribution in [0.15, 0.2) is 48.5 Å². The Kier molecular flexibility index (Phi) is 6.87. The molecule has 3 nitrogen and oxygen atoms in total. The minimum atomic E-state index is 0. The highest BCUT2D eigenvalue weighted by Gasteiger charge is 2.31. The summed E-state index contributed by atoms with van der Waals surface area (Å²) in [5.41, 5.74) is 11.5. The Labute approximate surface area is 168 Å². The average molecular weight is 416 g/mol. The highest BCUT2D eigenvalue weighted by Crippen LogP contribution is 2.30. The van der Waals surface area contributed by atoms with Crippen LogP contribution in [-0.4, -0.2) is 17.1 Å². The number of halogens is 1. The first-order valence-electron chi connectivity index (χ1n) is 9.36. The predicted molar refractivity (Wildman–Crippen MR) is 106 cm³/mol. The second kappa shape index (κ2) is 8.72. The molecule has 0 amide bonds. The van der Waals surface area contributed by atoms with Crippen molar-refractivity contribution < 1.29 is 21.6 Å². The van der Waals surface area contributed by atoms with Crippen molar-refractivity contribution in [1.29, 1.82) is 0 Å². The minimum Gasteiger partial charge on any atom is -1.00 e. The zero-order chi connectivity index (χ0) is 18.0. The smallest absolute Gasteiger partial charge is 0.349 e. The quantitative estimate of drug-likeness (QED) is 0.728. The Balaban J connectivity index is 0.00000243. The summed E-state index contributed by atoms with van der Waals surface area (Å²) in [6.45, 7) is 9.78. The number of hydrogen-bond donors (Lipinski definition) is 2. The normalized spacial score (nSPS) is 17.8. The largest absolute Gasteiger partial charge is 1.00 e. The summed E-state index contributed by atoms with van der Waals surface area (Å²) in [5.74, 6) is 1.87. The van der Waals surface area contributed by atoms with Gasteiger partial charge in [0.15, 0.2) is 0 Å². The van der Waals surface area contributed by atoms with Gasteiger partial charge in [0.1, 0.15) is 18.3 Å². The molecule has 2 atom stereocenters. The van der Waals surface area contributed by atoms with Gasteiger partial charge < -0.3 is 17.0 Å². The van der Waals surface area contributed by atoms with Crippen LogP contribution in [0.3, 0.4) is 0 Å². The molecule has 0 fully saturated rings. The molecule has 26 heavy (non-hydrogen) atoms. The molecule has 0 bridgehead atoms. The lowest BCUT2D eigenvalue weighted by Gasteiger charge is -2.16. The van der Waals surface area contributed by atoms with E-state index in [4.69, 9.17) is 5.73 Å². The zero-order valence-corrected chi connectivity index (χ0v) is 17.8. The first-order valence-corrected chi connectivity index (χ1v) is 9.36. The topological polar surface area (TPSA) is 41.1 Å². The van der Waals surface area contributed by atoms with Crippen LogP contribution in [0.4, 0.5) is 5.69 Å². The number of hydrogen-bond acceptors (Lipinski definition) is 2. The van der Waals surface area contributed by atoms with E-state index in [-0.39, 0.29) is 23.0 Å². The van der Waals surface area contributed by atoms with Gasteiger partial charge in [-0.3, -0.25) is 11.1 Å². The lowest BCUT2D eigenvalue weighted by atomic mass is 9.97. The molecule has 3 N–H and O–H groups in total. The van der Waals surface area contributed by atoms with E-state index in [2.05, 4.69) is 86.1 Å². The molecular weight excluding hydrogens is 386 g/mol. The average Bonchev–Trinajstić information content (AvgIpc) is 3.02. The molecule has 0 saturated heterocycles. The van der Waals surface area contributed by atoms with E-state index >= 15 is 0 Å². The number of nitrogens with two attached hydrogens (primary N) is 1. The number of guanidine groups is 1. The molecule has 4 heteroatoms. The summed E-state index contributed by atoms with van der Waals surface area (Å²) >= 11 is 0. The van der Waals surface area contributed by atoms with Crippen molar-refractivity contribution in [3.63, 3.8) is 0 Å². The fourth-order valence-electron chi connectivity index (χ4n) is 3.43. The van der Waals surface area contributed by atoms with Gasteiger partial charge in [-0.25, -0.2) is 4.58 Å². The molecule has 1 heterocycles. The molecule has 0 saturated carbocycles. The van der Waals surface area contributed by atoms with Crippen LogP contribution < -0.4 is 28.0 Å². The maximum atomic E-state index is 6.27. The molecule has 0 radical (unpaired) electrons. The van der Waals surface area contributed by atoms with Gasteiger partial charge >= 0.3 is 5.96 Å². The zero-order valence-electron chi connectivity index (χ0n) is 16.2. The van der Waals surface area contributed by atoms with E-state index in [1.807, 2.05) is 0 Å². The van der Waals surface area contributed by atoms with E-state index in [0.29, 0.717) is 11.8 Å². The van der Waals surface area contributed by atoms with Crippen molar-refractivity contribution in [2.45, 2.75) is 52.0 Å². The molecule has 2 unspecified atom stereocenters. The van der Waals surface area contributed by atoms with Crippen molar-refractivity contribution >= 4 is 11.6 Å². The van der Waals surface area contributed by atoms with Gasteiger partial charge in [-0.15, -0.1) is 0 Å². The predicted octanol–water partition coefficient (Wildman–Crippen LogP) is 1.63. The highest BCUT2D eigenvalue weighted by molar-refractivity contribution is 5.75. The van der Waals surface area contributed by atoms with Crippen LogP contribution in [0, 0.1) is 0 Å². The summed E-state index contributed by atoms with van der Waals surface area (Å²) in [7, 11) is 0. The van der Waals surface area contributed by atoms with E-state index in [9.17, 15) is 0 Å². The van der Waals surface area contributed by atoms with Crippen LogP contribution in [-0.2, 0) is 0 Å². The third-order valence-electron chi connectivity index (χ3n) is 5.39. The SMILES string of the molecule is CCC(C)c1ccc([N+]2=C(N)NCC2c2ccc(C(C)C)cc2)cc1.[Br-]. The second-order valence-electron chi connectivity index (χ2n) is 7.37. The Morgan fingerprint density at radius 2 is 1.58 bits per heavy atom. The van der Waals surface area contributed by atoms with Gasteiger partial charge in [0.2, 0.25) is 0 Å². The molecule has 1 aliphatic rings. The Hall–Kier alpha value is -1.81. The molecule has 3 rings (SSSR count). The Morgan fingerprint density at radius 3 is 2.12 bits per heavy atom. The Bertz CT molecular complexity index is 748. The van der Waals surface area contributed by atoms with Crippen molar-refractivity contribution in [3.05, 3.63) is 65.2 Å². The fourth-order valence-corrected chi connectivity index (χ4v) is 3.43. The monoisotopic (exact) mass is 415 g/mol. The maximum absolute atomic E-state index is 6.27. The molecule has 0 spiro atoms. The molecule has 0 aromatic heterocycles. The van der Waals surface area contributed by atoms with E-state index in [1.165, 1.54) is 16.7 Å². The van der Waals surface area contributed by atoms with Gasteiger partial charge in [-0.1, -0.05) is 64.1 Å². The summed E-state index contributed by atoms with van der Waals surface area (Å²) in [6.07, 6.45) is 1.16. The number of nitrogens with zero attached hydrogens (tertiary/aromatic N) is 1. The second-order valence-corrected chi connectivity index (χ2v) is 7.37. The van der Waals surface area contributed by atoms with Gasteiger partial charge in [0.25, 0.3) is 0 Å². The molecule has 2 aromatic rings. The number of rotatable bonds is 5. The molecule has 1 aliphatic heterocycles. The summed E-state index contributed by atoms with van der Waals surface area (Å²) in [6, 6.07) is 18.0. The van der Waals surface area contributed by atoms with Gasteiger partial charge in [0, 0.05) is 0 Å². The van der Waals surface area contributed by atoms with Gasteiger partial charge in [0.05, 0.1) is 0 Å². The van der Waals surface area contributed by atoms with E-state index in [1.54, 1.807) is 0 Å². The van der Waals surface area contributed by atoms with Crippen molar-refractivity contribution in [2.24, 2.45) is 5.73 Å². The third-order valence-corrected chi connectivity index (χ3v) is 5.39. The Morgan fingerprint density at radius 1 is 1.00 bits per heavy atom. The number of nitrogens with one attached hydrogen (secondary N) is 1. The molecule has 2 aromatic carbocycles. The molecule has 0 aliphatic carbocycles. The van der Waals surface area contributed by atoms with Crippen molar-refractivity contribution in [2.75, 3.05) is 6.54 Å². The standard InChI is InChI=1S/C22H29N3.BrH/c1-5-16(4)18-10-12-20(13-11-18)25-21(14-24-22(25)23)19-8-6-17(7-9-19)15(2)3;/h6-13,15-16,21H,5,14H2,1-4H3,(H2,23,24);1H. The van der Waals surface area contributed by atoms with Gasteiger partial charge in [-0.05, 0) is 47.1 Å². The van der Waals surface area contributed by atoms with Crippen LogP contribution in [0.1, 0.15) is 68.7 Å². The van der Waals surface area contributed by atoms with E-state index in [0.717, 1.165) is 24.6 Å². The van der Waals surface area contributed by atoms with Crippen LogP contribution in [0.25, 0.3) is 0 Å². The van der Waals surface area contributed by atoms with Crippen molar-refractivity contribution in [3.8, 4) is 0 Å². The summed E-state index contributed by atoms with van der Waals surface area (Å²) < 4.78 is 2.21. The third kappa shape index (κ3) is 4.12. The van der Waals surface area contributed by atoms with Crippen molar-refractivity contribution in [1.82, 2.24) is 5.32 Å². The molecule has 140 valence electrons. The van der Waals surface area contributed by atoms with Crippen LogP contribution >= 0.6 is 0 Å². The molecular formula is C22H30BrN3. The fraction of sp³-hybridized carbons (Fsp3) is 0.409. The first kappa shape index (κ1) is 20.5.